The second-order valence-electron chi connectivity index (χ2n) is 11.3. The van der Waals surface area contributed by atoms with Gasteiger partial charge in [-0.15, -0.1) is 0 Å². The highest BCUT2D eigenvalue weighted by atomic mass is 19.4. The third kappa shape index (κ3) is 4.30. The minimum atomic E-state index is -8.34. The maximum atomic E-state index is 14.8. The first-order valence-corrected chi connectivity index (χ1v) is 13.4. The summed E-state index contributed by atoms with van der Waals surface area (Å²) >= 11 is 0. The summed E-state index contributed by atoms with van der Waals surface area (Å²) in [6.45, 7) is 1.83. The number of aryl methyl sites for hydroxylation is 1. The van der Waals surface area contributed by atoms with E-state index in [0.717, 1.165) is 17.7 Å². The fourth-order valence-electron chi connectivity index (χ4n) is 5.59. The number of alkyl halides is 15. The van der Waals surface area contributed by atoms with Gasteiger partial charge in [-0.2, -0.15) is 65.9 Å². The molecule has 0 saturated heterocycles. The van der Waals surface area contributed by atoms with Crippen LogP contribution in [-0.2, 0) is 6.42 Å². The number of hydrogen-bond donors (Lipinski definition) is 0. The minimum Gasteiger partial charge on any atom is -0.456 e. The summed E-state index contributed by atoms with van der Waals surface area (Å²) in [5, 5.41) is 2.42. The minimum absolute atomic E-state index is 0.0461. The molecule has 0 bridgehead atoms. The molecule has 4 aromatic carbocycles. The lowest BCUT2D eigenvalue weighted by molar-refractivity contribution is -0.452. The van der Waals surface area contributed by atoms with Gasteiger partial charge in [-0.1, -0.05) is 17.7 Å². The Hall–Kier alpha value is -4.31. The Morgan fingerprint density at radius 2 is 0.854 bits per heavy atom. The molecule has 6 rings (SSSR count). The highest BCUT2D eigenvalue weighted by Gasteiger charge is 2.93. The summed E-state index contributed by atoms with van der Waals surface area (Å²) in [6, 6.07) is 13.9. The lowest BCUT2D eigenvalue weighted by Gasteiger charge is -2.41. The summed E-state index contributed by atoms with van der Waals surface area (Å²) in [5.74, 6) is -46.8. The molecule has 0 radical (unpaired) electrons. The molecule has 0 fully saturated rings. The monoisotopic (exact) mass is 704 g/mol. The Balaban J connectivity index is 1.44. The van der Waals surface area contributed by atoms with Gasteiger partial charge in [0.15, 0.2) is 0 Å². The van der Waals surface area contributed by atoms with Crippen LogP contribution in [0, 0.1) is 6.92 Å². The quantitative estimate of drug-likeness (QED) is 0.155. The standard InChI is InChI=1S/C31H15F15O2/c1-13-2-6-19-17(10-13)23-15-4-9-22-24(16(15)5-8-21(23)47-19)18-11-14(3-7-20(18)48-22)12-25(32,33)26(34,35)27(36,37)28(38,39)29(40,41)30(42,43)31(44,45)46/h2-11H,12H2,1H3. The normalized spacial score (nSPS) is 14.8. The van der Waals surface area contributed by atoms with Crippen molar-refractivity contribution in [3.8, 4) is 0 Å². The van der Waals surface area contributed by atoms with Gasteiger partial charge in [0.2, 0.25) is 0 Å². The van der Waals surface area contributed by atoms with Crippen molar-refractivity contribution in [2.75, 3.05) is 0 Å². The number of hydrogen-bond acceptors (Lipinski definition) is 2. The van der Waals surface area contributed by atoms with Crippen molar-refractivity contribution in [3.63, 3.8) is 0 Å². The van der Waals surface area contributed by atoms with Crippen LogP contribution in [0.4, 0.5) is 65.9 Å². The van der Waals surface area contributed by atoms with Gasteiger partial charge in [0.25, 0.3) is 0 Å². The van der Waals surface area contributed by atoms with Crippen LogP contribution >= 0.6 is 0 Å². The molecule has 0 atom stereocenters. The summed E-state index contributed by atoms with van der Waals surface area (Å²) in [7, 11) is 0. The Morgan fingerprint density at radius 1 is 0.438 bits per heavy atom. The molecule has 0 spiro atoms. The molecule has 0 unspecified atom stereocenters. The van der Waals surface area contributed by atoms with Crippen LogP contribution in [0.5, 0.6) is 0 Å². The molecule has 2 heterocycles. The van der Waals surface area contributed by atoms with Gasteiger partial charge in [-0.25, -0.2) is 0 Å². The van der Waals surface area contributed by atoms with Crippen LogP contribution < -0.4 is 0 Å². The summed E-state index contributed by atoms with van der Waals surface area (Å²) in [4.78, 5) is 0. The fraction of sp³-hybridized carbons (Fsp3) is 0.290. The number of benzene rings is 4. The van der Waals surface area contributed by atoms with Gasteiger partial charge in [-0.05, 0) is 71.8 Å². The van der Waals surface area contributed by atoms with E-state index in [1.165, 1.54) is 6.07 Å². The van der Waals surface area contributed by atoms with Crippen molar-refractivity contribution < 1.29 is 74.7 Å². The van der Waals surface area contributed by atoms with Crippen LogP contribution in [0.1, 0.15) is 11.1 Å². The molecular weight excluding hydrogens is 689 g/mol. The topological polar surface area (TPSA) is 26.3 Å². The van der Waals surface area contributed by atoms with E-state index >= 15 is 0 Å². The molecular formula is C31H15F15O2. The van der Waals surface area contributed by atoms with E-state index in [0.29, 0.717) is 38.8 Å². The summed E-state index contributed by atoms with van der Waals surface area (Å²) in [6.07, 6.45) is -10.2. The first kappa shape index (κ1) is 33.6. The fourth-order valence-corrected chi connectivity index (χ4v) is 5.59. The van der Waals surface area contributed by atoms with Crippen LogP contribution in [0.2, 0.25) is 0 Å². The summed E-state index contributed by atoms with van der Waals surface area (Å²) < 4.78 is 217. The number of furan rings is 2. The zero-order valence-corrected chi connectivity index (χ0v) is 23.5. The average Bonchev–Trinajstić information content (AvgIpc) is 3.53. The maximum absolute atomic E-state index is 14.8. The lowest BCUT2D eigenvalue weighted by atomic mass is 9.88. The molecule has 2 nitrogen and oxygen atoms in total. The van der Waals surface area contributed by atoms with Crippen LogP contribution in [0.3, 0.4) is 0 Å². The molecule has 0 amide bonds. The van der Waals surface area contributed by atoms with E-state index in [1.54, 1.807) is 30.3 Å². The van der Waals surface area contributed by atoms with E-state index in [-0.39, 0.29) is 21.9 Å². The molecule has 48 heavy (non-hydrogen) atoms. The molecule has 0 N–H and O–H groups in total. The van der Waals surface area contributed by atoms with Crippen LogP contribution in [-0.4, -0.2) is 41.7 Å². The second-order valence-corrected chi connectivity index (χ2v) is 11.3. The van der Waals surface area contributed by atoms with Gasteiger partial charge in [0.05, 0.1) is 0 Å². The van der Waals surface area contributed by atoms with E-state index in [4.69, 9.17) is 8.83 Å². The van der Waals surface area contributed by atoms with Crippen molar-refractivity contribution in [2.45, 2.75) is 55.1 Å². The van der Waals surface area contributed by atoms with Crippen LogP contribution in [0.25, 0.3) is 54.6 Å². The second kappa shape index (κ2) is 9.87. The maximum Gasteiger partial charge on any atom is 0.460 e. The molecule has 17 heteroatoms. The third-order valence-corrected chi connectivity index (χ3v) is 8.10. The Bertz CT molecular complexity index is 2240. The van der Waals surface area contributed by atoms with Crippen molar-refractivity contribution in [1.82, 2.24) is 0 Å². The molecule has 0 aliphatic rings. The molecule has 0 aliphatic carbocycles. The molecule has 2 aromatic heterocycles. The summed E-state index contributed by atoms with van der Waals surface area (Å²) in [5.41, 5.74) is 0.968. The van der Waals surface area contributed by atoms with E-state index in [9.17, 15) is 65.9 Å². The van der Waals surface area contributed by atoms with Crippen molar-refractivity contribution in [1.29, 1.82) is 0 Å². The van der Waals surface area contributed by atoms with Gasteiger partial charge in [0.1, 0.15) is 22.3 Å². The first-order valence-electron chi connectivity index (χ1n) is 13.4. The zero-order valence-electron chi connectivity index (χ0n) is 23.5. The van der Waals surface area contributed by atoms with Crippen LogP contribution in [0.15, 0.2) is 69.5 Å². The largest absolute Gasteiger partial charge is 0.460 e. The number of fused-ring (bicyclic) bond motifs is 9. The van der Waals surface area contributed by atoms with Gasteiger partial charge in [0, 0.05) is 28.0 Å². The van der Waals surface area contributed by atoms with E-state index in [2.05, 4.69) is 0 Å². The Kier molecular flexibility index (Phi) is 6.91. The van der Waals surface area contributed by atoms with Crippen molar-refractivity contribution >= 4 is 54.6 Å². The smallest absolute Gasteiger partial charge is 0.456 e. The van der Waals surface area contributed by atoms with Crippen molar-refractivity contribution in [2.24, 2.45) is 0 Å². The third-order valence-electron chi connectivity index (χ3n) is 8.10. The van der Waals surface area contributed by atoms with E-state index in [1.807, 2.05) is 13.0 Å². The molecule has 6 aromatic rings. The number of rotatable bonds is 7. The van der Waals surface area contributed by atoms with Crippen molar-refractivity contribution in [3.05, 3.63) is 71.8 Å². The highest BCUT2D eigenvalue weighted by molar-refractivity contribution is 6.27. The predicted molar refractivity (Wildman–Crippen MR) is 143 cm³/mol. The number of halogens is 15. The SMILES string of the molecule is Cc1ccc2oc3ccc4c(ccc5oc6ccc(CC(F)(F)C(F)(F)C(F)(F)C(F)(F)C(F)(F)C(F)(F)C(F)(F)F)cc6c54)c3c2c1. The molecule has 0 aliphatic heterocycles. The zero-order chi connectivity index (χ0) is 35.6. The van der Waals surface area contributed by atoms with Gasteiger partial charge < -0.3 is 8.83 Å². The van der Waals surface area contributed by atoms with E-state index < -0.39 is 53.7 Å². The highest BCUT2D eigenvalue weighted by Crippen LogP contribution is 2.62. The first-order chi connectivity index (χ1) is 21.9. The molecule has 256 valence electrons. The Labute approximate surface area is 256 Å². The lowest BCUT2D eigenvalue weighted by Crippen LogP contribution is -2.72. The predicted octanol–water partition coefficient (Wildman–Crippen LogP) is 11.9. The van der Waals surface area contributed by atoms with Gasteiger partial charge >= 0.3 is 41.7 Å². The average molecular weight is 704 g/mol. The Morgan fingerprint density at radius 3 is 1.35 bits per heavy atom. The molecule has 0 saturated carbocycles. The van der Waals surface area contributed by atoms with Gasteiger partial charge in [-0.3, -0.25) is 0 Å².